The minimum atomic E-state index is -0.384. The summed E-state index contributed by atoms with van der Waals surface area (Å²) in [6, 6.07) is -0.000788. The van der Waals surface area contributed by atoms with Crippen molar-refractivity contribution in [2.45, 2.75) is 63.5 Å². The van der Waals surface area contributed by atoms with Gasteiger partial charge in [0.2, 0.25) is 0 Å². The summed E-state index contributed by atoms with van der Waals surface area (Å²) in [6.45, 7) is 5.72. The molecule has 1 aliphatic carbocycles. The Morgan fingerprint density at radius 3 is 2.72 bits per heavy atom. The molecule has 18 heavy (non-hydrogen) atoms. The van der Waals surface area contributed by atoms with Gasteiger partial charge in [0.15, 0.2) is 0 Å². The first kappa shape index (κ1) is 15.0. The molecule has 0 saturated heterocycles. The molecule has 104 valence electrons. The lowest BCUT2D eigenvalue weighted by Crippen LogP contribution is -2.54. The molecule has 0 bridgehead atoms. The van der Waals surface area contributed by atoms with Gasteiger partial charge in [0.25, 0.3) is 0 Å². The van der Waals surface area contributed by atoms with Crippen LogP contribution in [-0.4, -0.2) is 29.3 Å². The molecule has 3 N–H and O–H groups in total. The topological polar surface area (TPSA) is 61.4 Å². The molecule has 4 nitrogen and oxygen atoms in total. The van der Waals surface area contributed by atoms with Gasteiger partial charge in [-0.25, -0.2) is 4.79 Å². The number of allylic oxidation sites excluding steroid dienone is 1. The maximum absolute atomic E-state index is 11.9. The fraction of sp³-hybridized carbons (Fsp3) is 0.786. The van der Waals surface area contributed by atoms with Crippen molar-refractivity contribution in [2.75, 3.05) is 6.61 Å². The molecule has 4 heteroatoms. The highest BCUT2D eigenvalue weighted by Gasteiger charge is 2.34. The van der Waals surface area contributed by atoms with E-state index in [2.05, 4.69) is 17.2 Å². The zero-order valence-electron chi connectivity index (χ0n) is 11.4. The van der Waals surface area contributed by atoms with Crippen LogP contribution in [0.25, 0.3) is 0 Å². The van der Waals surface area contributed by atoms with Crippen molar-refractivity contribution in [1.82, 2.24) is 10.6 Å². The lowest BCUT2D eigenvalue weighted by molar-refractivity contribution is 0.161. The second-order valence-electron chi connectivity index (χ2n) is 5.36. The third kappa shape index (κ3) is 4.69. The van der Waals surface area contributed by atoms with Gasteiger partial charge in [-0.3, -0.25) is 0 Å². The molecule has 0 spiro atoms. The van der Waals surface area contributed by atoms with Crippen LogP contribution in [0.15, 0.2) is 12.7 Å². The van der Waals surface area contributed by atoms with Crippen LogP contribution in [-0.2, 0) is 0 Å². The molecule has 0 aromatic heterocycles. The predicted octanol–water partition coefficient (Wildman–Crippen LogP) is 2.34. The van der Waals surface area contributed by atoms with Crippen molar-refractivity contribution in [3.05, 3.63) is 12.7 Å². The van der Waals surface area contributed by atoms with Crippen molar-refractivity contribution in [1.29, 1.82) is 0 Å². The normalized spacial score (nSPS) is 19.2. The Balaban J connectivity index is 2.29. The Labute approximate surface area is 110 Å². The van der Waals surface area contributed by atoms with Crippen molar-refractivity contribution in [2.24, 2.45) is 0 Å². The highest BCUT2D eigenvalue weighted by atomic mass is 16.3. The van der Waals surface area contributed by atoms with E-state index < -0.39 is 0 Å². The second kappa shape index (κ2) is 7.41. The van der Waals surface area contributed by atoms with Crippen LogP contribution < -0.4 is 10.6 Å². The van der Waals surface area contributed by atoms with Crippen molar-refractivity contribution in [3.63, 3.8) is 0 Å². The maximum atomic E-state index is 11.9. The monoisotopic (exact) mass is 254 g/mol. The van der Waals surface area contributed by atoms with Crippen LogP contribution in [0, 0.1) is 0 Å². The van der Waals surface area contributed by atoms with Gasteiger partial charge in [0, 0.05) is 6.04 Å². The van der Waals surface area contributed by atoms with Gasteiger partial charge in [-0.15, -0.1) is 6.58 Å². The van der Waals surface area contributed by atoms with Crippen molar-refractivity contribution >= 4 is 6.03 Å². The van der Waals surface area contributed by atoms with Crippen LogP contribution in [0.5, 0.6) is 0 Å². The fourth-order valence-electron chi connectivity index (χ4n) is 2.52. The fourth-order valence-corrected chi connectivity index (χ4v) is 2.52. The number of nitrogens with one attached hydrogen (secondary N) is 2. The standard InChI is InChI=1S/C14H26N2O2/c1-3-4-5-8-12(2)15-13(18)16-14(11-17)9-6-7-10-14/h3,12,17H,1,4-11H2,2H3,(H2,15,16,18). The SMILES string of the molecule is C=CCCCC(C)NC(=O)NC1(CO)CCCC1. The lowest BCUT2D eigenvalue weighted by Gasteiger charge is -2.29. The van der Waals surface area contributed by atoms with E-state index in [1.165, 1.54) is 0 Å². The van der Waals surface area contributed by atoms with E-state index in [-0.39, 0.29) is 24.2 Å². The lowest BCUT2D eigenvalue weighted by atomic mass is 9.99. The average Bonchev–Trinajstić information content (AvgIpc) is 2.78. The molecule has 1 rings (SSSR count). The van der Waals surface area contributed by atoms with Gasteiger partial charge in [0.1, 0.15) is 0 Å². The molecule has 1 atom stereocenters. The molecule has 0 aromatic carbocycles. The summed E-state index contributed by atoms with van der Waals surface area (Å²) in [5, 5.41) is 15.3. The number of rotatable bonds is 7. The number of aliphatic hydroxyl groups excluding tert-OH is 1. The van der Waals surface area contributed by atoms with E-state index in [9.17, 15) is 9.90 Å². The van der Waals surface area contributed by atoms with Gasteiger partial charge < -0.3 is 15.7 Å². The van der Waals surface area contributed by atoms with Gasteiger partial charge in [0.05, 0.1) is 12.1 Å². The highest BCUT2D eigenvalue weighted by molar-refractivity contribution is 5.75. The Bertz CT molecular complexity index is 273. The number of hydrogen-bond donors (Lipinski definition) is 3. The Morgan fingerprint density at radius 1 is 1.50 bits per heavy atom. The van der Waals surface area contributed by atoms with Crippen molar-refractivity contribution in [3.8, 4) is 0 Å². The molecule has 0 aromatic rings. The van der Waals surface area contributed by atoms with Gasteiger partial charge in [-0.2, -0.15) is 0 Å². The second-order valence-corrected chi connectivity index (χ2v) is 5.36. The average molecular weight is 254 g/mol. The molecule has 1 aliphatic rings. The van der Waals surface area contributed by atoms with Crippen LogP contribution >= 0.6 is 0 Å². The molecule has 0 radical (unpaired) electrons. The number of amides is 2. The summed E-state index contributed by atoms with van der Waals surface area (Å²) in [5.74, 6) is 0. The van der Waals surface area contributed by atoms with E-state index in [0.29, 0.717) is 0 Å². The quantitative estimate of drug-likeness (QED) is 0.482. The van der Waals surface area contributed by atoms with Crippen LogP contribution in [0.1, 0.15) is 51.9 Å². The summed E-state index contributed by atoms with van der Waals surface area (Å²) in [7, 11) is 0. The molecular weight excluding hydrogens is 228 g/mol. The third-order valence-corrected chi connectivity index (χ3v) is 3.66. The molecular formula is C14H26N2O2. The van der Waals surface area contributed by atoms with E-state index in [1.807, 2.05) is 13.0 Å². The maximum Gasteiger partial charge on any atom is 0.315 e. The predicted molar refractivity (Wildman–Crippen MR) is 73.5 cm³/mol. The van der Waals surface area contributed by atoms with E-state index in [0.717, 1.165) is 44.9 Å². The van der Waals surface area contributed by atoms with E-state index >= 15 is 0 Å². The zero-order chi connectivity index (χ0) is 13.4. The van der Waals surface area contributed by atoms with E-state index in [1.54, 1.807) is 0 Å². The Morgan fingerprint density at radius 2 is 2.17 bits per heavy atom. The van der Waals surface area contributed by atoms with Crippen LogP contribution in [0.2, 0.25) is 0 Å². The first-order chi connectivity index (χ1) is 8.62. The summed E-state index contributed by atoms with van der Waals surface area (Å²) in [5.41, 5.74) is -0.384. The molecule has 2 amide bonds. The number of aliphatic hydroxyl groups is 1. The smallest absolute Gasteiger partial charge is 0.315 e. The van der Waals surface area contributed by atoms with Crippen LogP contribution in [0.3, 0.4) is 0 Å². The number of carbonyl (C=O) groups is 1. The van der Waals surface area contributed by atoms with Gasteiger partial charge in [-0.1, -0.05) is 18.9 Å². The first-order valence-electron chi connectivity index (χ1n) is 6.92. The minimum Gasteiger partial charge on any atom is -0.394 e. The molecule has 1 unspecified atom stereocenters. The third-order valence-electron chi connectivity index (χ3n) is 3.66. The van der Waals surface area contributed by atoms with E-state index in [4.69, 9.17) is 0 Å². The molecule has 1 fully saturated rings. The number of unbranched alkanes of at least 4 members (excludes halogenated alkanes) is 1. The largest absolute Gasteiger partial charge is 0.394 e. The molecule has 1 saturated carbocycles. The first-order valence-corrected chi connectivity index (χ1v) is 6.92. The highest BCUT2D eigenvalue weighted by Crippen LogP contribution is 2.28. The van der Waals surface area contributed by atoms with Gasteiger partial charge >= 0.3 is 6.03 Å². The summed E-state index contributed by atoms with van der Waals surface area (Å²) in [6.07, 6.45) is 8.77. The number of hydrogen-bond acceptors (Lipinski definition) is 2. The zero-order valence-corrected chi connectivity index (χ0v) is 11.4. The van der Waals surface area contributed by atoms with Crippen LogP contribution in [0.4, 0.5) is 4.79 Å². The number of carbonyl (C=O) groups excluding carboxylic acids is 1. The summed E-state index contributed by atoms with van der Waals surface area (Å²) in [4.78, 5) is 11.9. The molecule has 0 aliphatic heterocycles. The Hall–Kier alpha value is -1.03. The Kier molecular flexibility index (Phi) is 6.19. The molecule has 0 heterocycles. The van der Waals surface area contributed by atoms with Crippen molar-refractivity contribution < 1.29 is 9.90 Å². The minimum absolute atomic E-state index is 0.0330. The summed E-state index contributed by atoms with van der Waals surface area (Å²) >= 11 is 0. The summed E-state index contributed by atoms with van der Waals surface area (Å²) < 4.78 is 0. The van der Waals surface area contributed by atoms with Gasteiger partial charge in [-0.05, 0) is 39.0 Å². The number of urea groups is 1.